The first kappa shape index (κ1) is 19.1. The molecular weight excluding hydrogens is 368 g/mol. The number of hydrogen-bond acceptors (Lipinski definition) is 5. The van der Waals surface area contributed by atoms with Crippen molar-refractivity contribution in [3.8, 4) is 0 Å². The van der Waals surface area contributed by atoms with Crippen molar-refractivity contribution >= 4 is 27.6 Å². The molecule has 1 unspecified atom stereocenters. The van der Waals surface area contributed by atoms with Crippen LogP contribution in [0, 0.1) is 0 Å². The van der Waals surface area contributed by atoms with Gasteiger partial charge in [-0.05, 0) is 24.3 Å². The Balaban J connectivity index is 1.75. The second kappa shape index (κ2) is 7.50. The maximum Gasteiger partial charge on any atom is 0.364 e. The fraction of sp³-hybridized carbons (Fsp3) is 0.263. The summed E-state index contributed by atoms with van der Waals surface area (Å²) in [5.41, 5.74) is 1.18. The van der Waals surface area contributed by atoms with Gasteiger partial charge in [0.15, 0.2) is 6.54 Å². The van der Waals surface area contributed by atoms with E-state index in [-0.39, 0.29) is 22.0 Å². The lowest BCUT2D eigenvalue weighted by Gasteiger charge is -2.27. The van der Waals surface area contributed by atoms with Gasteiger partial charge in [-0.2, -0.15) is 0 Å². The highest BCUT2D eigenvalue weighted by atomic mass is 32.2. The number of anilines is 1. The fourth-order valence-electron chi connectivity index (χ4n) is 3.14. The van der Waals surface area contributed by atoms with E-state index in [4.69, 9.17) is 4.84 Å². The molecule has 0 spiro atoms. The Kier molecular flexibility index (Phi) is 5.29. The number of carbonyl (C=O) groups is 2. The lowest BCUT2D eigenvalue weighted by Crippen LogP contribution is -2.49. The monoisotopic (exact) mass is 389 g/mol. The quantitative estimate of drug-likeness (QED) is 0.767. The number of carbonyl (C=O) groups excluding carboxylic acids is 2. The lowest BCUT2D eigenvalue weighted by molar-refractivity contribution is -1.03. The van der Waals surface area contributed by atoms with Crippen LogP contribution in [0.3, 0.4) is 0 Å². The number of quaternary nitrogens is 1. The van der Waals surface area contributed by atoms with Gasteiger partial charge in [-0.1, -0.05) is 35.0 Å². The topological polar surface area (TPSA) is 89.5 Å². The first-order valence-corrected chi connectivity index (χ1v) is 10.1. The Labute approximate surface area is 158 Å². The molecule has 0 bridgehead atoms. The highest BCUT2D eigenvalue weighted by molar-refractivity contribution is 7.92. The summed E-state index contributed by atoms with van der Waals surface area (Å²) in [5.74, 6) is -0.628. The molecule has 8 heteroatoms. The van der Waals surface area contributed by atoms with Crippen molar-refractivity contribution in [2.75, 3.05) is 11.3 Å². The summed E-state index contributed by atoms with van der Waals surface area (Å²) in [6.45, 7) is 1.96. The van der Waals surface area contributed by atoms with Gasteiger partial charge in [-0.25, -0.2) is 18.0 Å². The van der Waals surface area contributed by atoms with E-state index in [9.17, 15) is 18.0 Å². The summed E-state index contributed by atoms with van der Waals surface area (Å²) in [5, 5.41) is 0. The Morgan fingerprint density at radius 1 is 1.11 bits per heavy atom. The first-order valence-electron chi connectivity index (χ1n) is 8.58. The number of hydrogen-bond donors (Lipinski definition) is 1. The summed E-state index contributed by atoms with van der Waals surface area (Å²) in [4.78, 5) is 29.2. The lowest BCUT2D eigenvalue weighted by atomic mass is 10.2. The number of nitrogens with one attached hydrogen (secondary N) is 1. The van der Waals surface area contributed by atoms with Crippen LogP contribution in [0.15, 0.2) is 59.5 Å². The van der Waals surface area contributed by atoms with E-state index in [1.807, 2.05) is 0 Å². The van der Waals surface area contributed by atoms with E-state index in [2.05, 4.69) is 4.72 Å². The Bertz CT molecular complexity index is 942. The van der Waals surface area contributed by atoms with E-state index in [1.165, 1.54) is 19.1 Å². The maximum atomic E-state index is 12.4. The summed E-state index contributed by atoms with van der Waals surface area (Å²) < 4.78 is 26.9. The third kappa shape index (κ3) is 4.35. The molecule has 142 valence electrons. The molecule has 1 heterocycles. The van der Waals surface area contributed by atoms with E-state index in [0.29, 0.717) is 25.1 Å². The van der Waals surface area contributed by atoms with Gasteiger partial charge in [0.25, 0.3) is 10.0 Å². The third-order valence-corrected chi connectivity index (χ3v) is 5.76. The number of rotatable bonds is 6. The van der Waals surface area contributed by atoms with Crippen LogP contribution in [0.1, 0.15) is 25.3 Å². The molecule has 0 saturated carbocycles. The van der Waals surface area contributed by atoms with Crippen LogP contribution in [-0.4, -0.2) is 31.5 Å². The SMILES string of the molecule is CC(=O)O[N+]1(Cc2ccc(NS(=O)(=O)c3ccccc3)cc2)CCCC1=O. The molecule has 1 aliphatic heterocycles. The van der Waals surface area contributed by atoms with Gasteiger partial charge < -0.3 is 0 Å². The molecule has 0 aromatic heterocycles. The number of amides is 1. The van der Waals surface area contributed by atoms with Gasteiger partial charge in [-0.3, -0.25) is 9.56 Å². The highest BCUT2D eigenvalue weighted by Gasteiger charge is 2.46. The van der Waals surface area contributed by atoms with Gasteiger partial charge >= 0.3 is 11.9 Å². The molecule has 1 saturated heterocycles. The highest BCUT2D eigenvalue weighted by Crippen LogP contribution is 2.27. The number of benzene rings is 2. The van der Waals surface area contributed by atoms with Crippen LogP contribution in [-0.2, 0) is 31.0 Å². The minimum Gasteiger partial charge on any atom is -0.280 e. The van der Waals surface area contributed by atoms with Crippen LogP contribution >= 0.6 is 0 Å². The Morgan fingerprint density at radius 3 is 2.33 bits per heavy atom. The molecule has 2 aromatic carbocycles. The minimum absolute atomic E-state index is 0.126. The normalized spacial score (nSPS) is 19.7. The standard InChI is InChI=1S/C19H21N2O5S/c1-15(22)26-21(13-5-8-19(21)23)14-16-9-11-17(12-10-16)20-27(24,25)18-6-3-2-4-7-18/h2-4,6-7,9-12,20H,5,8,13-14H2,1H3/q+1. The summed E-state index contributed by atoms with van der Waals surface area (Å²) >= 11 is 0. The van der Waals surface area contributed by atoms with Crippen molar-refractivity contribution in [3.63, 3.8) is 0 Å². The molecule has 1 aliphatic rings. The predicted molar refractivity (Wildman–Crippen MR) is 98.5 cm³/mol. The van der Waals surface area contributed by atoms with Crippen LogP contribution in [0.4, 0.5) is 5.69 Å². The van der Waals surface area contributed by atoms with Gasteiger partial charge in [0, 0.05) is 24.6 Å². The van der Waals surface area contributed by atoms with Crippen molar-refractivity contribution in [2.24, 2.45) is 0 Å². The average molecular weight is 389 g/mol. The van der Waals surface area contributed by atoms with Gasteiger partial charge in [0.1, 0.15) is 6.54 Å². The van der Waals surface area contributed by atoms with Crippen LogP contribution in [0.25, 0.3) is 0 Å². The second-order valence-corrected chi connectivity index (χ2v) is 8.15. The summed E-state index contributed by atoms with van der Waals surface area (Å²) in [6.07, 6.45) is 1.04. The van der Waals surface area contributed by atoms with Gasteiger partial charge in [0.2, 0.25) is 0 Å². The number of likely N-dealkylation sites (tertiary alicyclic amines) is 1. The summed E-state index contributed by atoms with van der Waals surface area (Å²) in [6, 6.07) is 14.8. The van der Waals surface area contributed by atoms with Crippen LogP contribution in [0.5, 0.6) is 0 Å². The van der Waals surface area contributed by atoms with E-state index < -0.39 is 16.0 Å². The van der Waals surface area contributed by atoms with Crippen molar-refractivity contribution in [1.29, 1.82) is 0 Å². The van der Waals surface area contributed by atoms with Crippen molar-refractivity contribution in [2.45, 2.75) is 31.2 Å². The smallest absolute Gasteiger partial charge is 0.280 e. The first-order chi connectivity index (χ1) is 12.8. The predicted octanol–water partition coefficient (Wildman–Crippen LogP) is 2.60. The van der Waals surface area contributed by atoms with Gasteiger partial charge in [0.05, 0.1) is 11.3 Å². The molecular formula is C19H21N2O5S+. The minimum atomic E-state index is -3.66. The van der Waals surface area contributed by atoms with Crippen LogP contribution in [0.2, 0.25) is 0 Å². The molecule has 2 aromatic rings. The zero-order valence-electron chi connectivity index (χ0n) is 14.9. The number of sulfonamides is 1. The van der Waals surface area contributed by atoms with E-state index >= 15 is 0 Å². The molecule has 0 aliphatic carbocycles. The Morgan fingerprint density at radius 2 is 1.78 bits per heavy atom. The van der Waals surface area contributed by atoms with Gasteiger partial charge in [-0.15, -0.1) is 0 Å². The van der Waals surface area contributed by atoms with Crippen molar-refractivity contribution < 1.29 is 27.5 Å². The summed E-state index contributed by atoms with van der Waals surface area (Å²) in [7, 11) is -3.66. The molecule has 0 radical (unpaired) electrons. The van der Waals surface area contributed by atoms with E-state index in [0.717, 1.165) is 5.56 Å². The Hall–Kier alpha value is -2.71. The molecule has 1 amide bonds. The second-order valence-electron chi connectivity index (χ2n) is 6.47. The molecule has 1 N–H and O–H groups in total. The zero-order valence-corrected chi connectivity index (χ0v) is 15.7. The number of hydroxylamine groups is 3. The molecule has 1 fully saturated rings. The zero-order chi connectivity index (χ0) is 19.5. The fourth-order valence-corrected chi connectivity index (χ4v) is 4.22. The number of nitrogens with zero attached hydrogens (tertiary/aromatic N) is 1. The molecule has 27 heavy (non-hydrogen) atoms. The van der Waals surface area contributed by atoms with Crippen molar-refractivity contribution in [1.82, 2.24) is 0 Å². The van der Waals surface area contributed by atoms with Crippen LogP contribution < -0.4 is 4.72 Å². The third-order valence-electron chi connectivity index (χ3n) is 4.37. The van der Waals surface area contributed by atoms with Crippen molar-refractivity contribution in [3.05, 3.63) is 60.2 Å². The maximum absolute atomic E-state index is 12.4. The molecule has 3 rings (SSSR count). The molecule has 7 nitrogen and oxygen atoms in total. The largest absolute Gasteiger partial charge is 0.364 e. The van der Waals surface area contributed by atoms with E-state index in [1.54, 1.807) is 42.5 Å². The molecule has 1 atom stereocenters. The average Bonchev–Trinajstić information content (AvgIpc) is 2.96.